The maximum Gasteiger partial charge on any atom is 0.244 e. The summed E-state index contributed by atoms with van der Waals surface area (Å²) in [4.78, 5) is 6.24. The van der Waals surface area contributed by atoms with Crippen LogP contribution in [-0.4, -0.2) is 28.9 Å². The molecule has 0 aromatic carbocycles. The van der Waals surface area contributed by atoms with Crippen molar-refractivity contribution in [2.75, 3.05) is 19.0 Å². The fourth-order valence-electron chi connectivity index (χ4n) is 0.956. The predicted octanol–water partition coefficient (Wildman–Crippen LogP) is 1.30. The third-order valence-electron chi connectivity index (χ3n) is 1.60. The van der Waals surface area contributed by atoms with Crippen LogP contribution >= 0.6 is 0 Å². The molecule has 1 aromatic rings. The van der Waals surface area contributed by atoms with Crippen LogP contribution in [0, 0.1) is 0 Å². The van der Waals surface area contributed by atoms with Crippen LogP contribution in [0.5, 0.6) is 0 Å². The van der Waals surface area contributed by atoms with Crippen molar-refractivity contribution in [2.24, 2.45) is 7.05 Å². The van der Waals surface area contributed by atoms with E-state index in [0.717, 1.165) is 11.8 Å². The summed E-state index contributed by atoms with van der Waals surface area (Å²) >= 11 is 0. The summed E-state index contributed by atoms with van der Waals surface area (Å²) in [5.41, 5.74) is 1.22. The largest absolute Gasteiger partial charge is 0.346 e. The average molecular weight is 180 g/mol. The summed E-state index contributed by atoms with van der Waals surface area (Å²) in [6.07, 6.45) is 2.01. The van der Waals surface area contributed by atoms with E-state index in [4.69, 9.17) is 0 Å². The van der Waals surface area contributed by atoms with E-state index in [0.29, 0.717) is 0 Å². The molecule has 0 aliphatic rings. The zero-order valence-electron chi connectivity index (χ0n) is 8.87. The first kappa shape index (κ1) is 9.77. The quantitative estimate of drug-likeness (QED) is 0.688. The molecule has 72 valence electrons. The molecule has 0 saturated heterocycles. The highest BCUT2D eigenvalue weighted by Gasteiger charge is 2.05. The zero-order chi connectivity index (χ0) is 10.0. The Labute approximate surface area is 78.9 Å². The SMILES string of the molecule is CC(C)=Cc1nc(N(C)C)nn1C. The molecule has 0 bridgehead atoms. The van der Waals surface area contributed by atoms with Gasteiger partial charge in [-0.25, -0.2) is 4.68 Å². The van der Waals surface area contributed by atoms with Crippen LogP contribution in [0.4, 0.5) is 5.95 Å². The lowest BCUT2D eigenvalue weighted by atomic mass is 10.3. The van der Waals surface area contributed by atoms with Gasteiger partial charge in [-0.15, -0.1) is 5.10 Å². The van der Waals surface area contributed by atoms with Crippen molar-refractivity contribution in [1.82, 2.24) is 14.8 Å². The second kappa shape index (κ2) is 3.60. The second-order valence-corrected chi connectivity index (χ2v) is 3.51. The minimum absolute atomic E-state index is 0.745. The topological polar surface area (TPSA) is 34.0 Å². The second-order valence-electron chi connectivity index (χ2n) is 3.51. The molecule has 1 rings (SSSR count). The van der Waals surface area contributed by atoms with Crippen molar-refractivity contribution in [3.8, 4) is 0 Å². The minimum atomic E-state index is 0.745. The van der Waals surface area contributed by atoms with Gasteiger partial charge in [0.2, 0.25) is 5.95 Å². The van der Waals surface area contributed by atoms with E-state index in [9.17, 15) is 0 Å². The Morgan fingerprint density at radius 1 is 1.38 bits per heavy atom. The summed E-state index contributed by atoms with van der Waals surface area (Å²) in [6, 6.07) is 0. The van der Waals surface area contributed by atoms with Gasteiger partial charge < -0.3 is 4.90 Å². The summed E-state index contributed by atoms with van der Waals surface area (Å²) in [6.45, 7) is 4.09. The van der Waals surface area contributed by atoms with Crippen LogP contribution in [0.2, 0.25) is 0 Å². The highest BCUT2D eigenvalue weighted by molar-refractivity contribution is 5.46. The predicted molar refractivity (Wildman–Crippen MR) is 54.7 cm³/mol. The zero-order valence-corrected chi connectivity index (χ0v) is 8.87. The van der Waals surface area contributed by atoms with Gasteiger partial charge in [0, 0.05) is 21.1 Å². The van der Waals surface area contributed by atoms with Crippen molar-refractivity contribution >= 4 is 12.0 Å². The Balaban J connectivity index is 3.03. The maximum absolute atomic E-state index is 4.35. The van der Waals surface area contributed by atoms with E-state index in [1.54, 1.807) is 4.68 Å². The fourth-order valence-corrected chi connectivity index (χ4v) is 0.956. The molecule has 13 heavy (non-hydrogen) atoms. The van der Waals surface area contributed by atoms with E-state index in [1.807, 2.05) is 46.0 Å². The Bertz CT molecular complexity index is 318. The molecule has 1 heterocycles. The molecule has 0 saturated carbocycles. The number of rotatable bonds is 2. The van der Waals surface area contributed by atoms with Crippen LogP contribution in [0.1, 0.15) is 19.7 Å². The van der Waals surface area contributed by atoms with Gasteiger partial charge in [0.05, 0.1) is 0 Å². The molecule has 4 nitrogen and oxygen atoms in total. The van der Waals surface area contributed by atoms with Gasteiger partial charge in [0.15, 0.2) is 5.82 Å². The van der Waals surface area contributed by atoms with E-state index in [-0.39, 0.29) is 0 Å². The van der Waals surface area contributed by atoms with Crippen molar-refractivity contribution < 1.29 is 0 Å². The molecule has 0 fully saturated rings. The molecule has 0 N–H and O–H groups in total. The lowest BCUT2D eigenvalue weighted by Crippen LogP contribution is -2.10. The van der Waals surface area contributed by atoms with Crippen molar-refractivity contribution in [2.45, 2.75) is 13.8 Å². The Kier molecular flexibility index (Phi) is 2.70. The number of aryl methyl sites for hydroxylation is 1. The van der Waals surface area contributed by atoms with Gasteiger partial charge in [-0.3, -0.25) is 0 Å². The lowest BCUT2D eigenvalue weighted by molar-refractivity contribution is 0.752. The summed E-state index contributed by atoms with van der Waals surface area (Å²) < 4.78 is 1.78. The Morgan fingerprint density at radius 2 is 2.00 bits per heavy atom. The first-order chi connectivity index (χ1) is 6.00. The molecular formula is C9H16N4. The smallest absolute Gasteiger partial charge is 0.244 e. The standard InChI is InChI=1S/C9H16N4/c1-7(2)6-8-10-9(12(3)4)11-13(8)5/h6H,1-5H3. The maximum atomic E-state index is 4.35. The molecule has 0 amide bonds. The molecule has 0 atom stereocenters. The molecule has 0 spiro atoms. The first-order valence-corrected chi connectivity index (χ1v) is 4.24. The van der Waals surface area contributed by atoms with Crippen LogP contribution in [-0.2, 0) is 7.05 Å². The van der Waals surface area contributed by atoms with Crippen LogP contribution < -0.4 is 4.90 Å². The number of anilines is 1. The summed E-state index contributed by atoms with van der Waals surface area (Å²) in [5.74, 6) is 1.64. The number of nitrogens with zero attached hydrogens (tertiary/aromatic N) is 4. The monoisotopic (exact) mass is 180 g/mol. The average Bonchev–Trinajstić information content (AvgIpc) is 2.31. The lowest BCUT2D eigenvalue weighted by Gasteiger charge is -2.03. The van der Waals surface area contributed by atoms with Crippen LogP contribution in [0.15, 0.2) is 5.57 Å². The molecule has 0 radical (unpaired) electrons. The summed E-state index contributed by atoms with van der Waals surface area (Å²) in [5, 5.41) is 4.25. The third kappa shape index (κ3) is 2.31. The number of allylic oxidation sites excluding steroid dienone is 1. The van der Waals surface area contributed by atoms with Crippen molar-refractivity contribution in [3.05, 3.63) is 11.4 Å². The van der Waals surface area contributed by atoms with Crippen LogP contribution in [0.25, 0.3) is 6.08 Å². The van der Waals surface area contributed by atoms with Gasteiger partial charge in [-0.1, -0.05) is 5.57 Å². The van der Waals surface area contributed by atoms with Crippen molar-refractivity contribution in [1.29, 1.82) is 0 Å². The normalized spacial score (nSPS) is 9.92. The Hall–Kier alpha value is -1.32. The number of hydrogen-bond acceptors (Lipinski definition) is 3. The van der Waals surface area contributed by atoms with Gasteiger partial charge in [-0.05, 0) is 19.9 Å². The van der Waals surface area contributed by atoms with E-state index in [2.05, 4.69) is 10.1 Å². The molecule has 0 aliphatic carbocycles. The van der Waals surface area contributed by atoms with Gasteiger partial charge in [-0.2, -0.15) is 4.98 Å². The van der Waals surface area contributed by atoms with E-state index in [1.165, 1.54) is 5.57 Å². The molecule has 4 heteroatoms. The Morgan fingerprint density at radius 3 is 2.38 bits per heavy atom. The highest BCUT2D eigenvalue weighted by atomic mass is 15.4. The van der Waals surface area contributed by atoms with Crippen molar-refractivity contribution in [3.63, 3.8) is 0 Å². The minimum Gasteiger partial charge on any atom is -0.346 e. The third-order valence-corrected chi connectivity index (χ3v) is 1.60. The molecule has 0 unspecified atom stereocenters. The highest BCUT2D eigenvalue weighted by Crippen LogP contribution is 2.08. The molecule has 0 aliphatic heterocycles. The fraction of sp³-hybridized carbons (Fsp3) is 0.556. The summed E-state index contributed by atoms with van der Waals surface area (Å²) in [7, 11) is 5.76. The van der Waals surface area contributed by atoms with Gasteiger partial charge >= 0.3 is 0 Å². The number of hydrogen-bond donors (Lipinski definition) is 0. The number of aromatic nitrogens is 3. The van der Waals surface area contributed by atoms with Gasteiger partial charge in [0.25, 0.3) is 0 Å². The first-order valence-electron chi connectivity index (χ1n) is 4.24. The molecule has 1 aromatic heterocycles. The van der Waals surface area contributed by atoms with E-state index < -0.39 is 0 Å². The van der Waals surface area contributed by atoms with E-state index >= 15 is 0 Å². The molecular weight excluding hydrogens is 164 g/mol. The van der Waals surface area contributed by atoms with Crippen LogP contribution in [0.3, 0.4) is 0 Å². The van der Waals surface area contributed by atoms with Gasteiger partial charge in [0.1, 0.15) is 0 Å².